The van der Waals surface area contributed by atoms with Crippen molar-refractivity contribution in [3.05, 3.63) is 17.5 Å². The molecule has 2 heterocycles. The fourth-order valence-corrected chi connectivity index (χ4v) is 2.30. The van der Waals surface area contributed by atoms with Crippen LogP contribution in [0.25, 0.3) is 0 Å². The van der Waals surface area contributed by atoms with Crippen molar-refractivity contribution >= 4 is 5.91 Å². The molecule has 1 saturated heterocycles. The molecule has 1 atom stereocenters. The minimum absolute atomic E-state index is 0.126. The van der Waals surface area contributed by atoms with Crippen molar-refractivity contribution in [3.63, 3.8) is 0 Å². The Labute approximate surface area is 96.0 Å². The average Bonchev–Trinajstić information content (AvgIpc) is 2.56. The number of H-pyrrole nitrogens is 1. The molecule has 1 amide bonds. The molecular weight excluding hydrogens is 202 g/mol. The third-order valence-corrected chi connectivity index (χ3v) is 3.37. The molecule has 2 rings (SSSR count). The van der Waals surface area contributed by atoms with E-state index in [1.165, 1.54) is 12.8 Å². The van der Waals surface area contributed by atoms with E-state index in [9.17, 15) is 4.79 Å². The molecule has 88 valence electrons. The first-order chi connectivity index (χ1) is 7.70. The molecule has 1 fully saturated rings. The molecule has 1 aliphatic heterocycles. The van der Waals surface area contributed by atoms with Gasteiger partial charge in [-0.1, -0.05) is 12.8 Å². The zero-order chi connectivity index (χ0) is 11.5. The van der Waals surface area contributed by atoms with E-state index >= 15 is 0 Å². The molecule has 0 saturated carbocycles. The molecular formula is C12H19N3O. The molecule has 16 heavy (non-hydrogen) atoms. The first-order valence-corrected chi connectivity index (χ1v) is 6.01. The lowest BCUT2D eigenvalue weighted by Crippen LogP contribution is -2.38. The van der Waals surface area contributed by atoms with Gasteiger partial charge in [-0.3, -0.25) is 9.89 Å². The molecule has 1 aromatic heterocycles. The number of nitrogens with zero attached hydrogens (tertiary/aromatic N) is 2. The van der Waals surface area contributed by atoms with E-state index in [4.69, 9.17) is 0 Å². The van der Waals surface area contributed by atoms with Crippen LogP contribution in [0, 0.1) is 6.92 Å². The van der Waals surface area contributed by atoms with Gasteiger partial charge in [0.2, 0.25) is 0 Å². The van der Waals surface area contributed by atoms with Crippen LogP contribution in [0.4, 0.5) is 0 Å². The predicted octanol–water partition coefficient (Wildman–Crippen LogP) is 2.12. The Bertz CT molecular complexity index is 372. The second kappa shape index (κ2) is 4.68. The number of aromatic nitrogens is 2. The second-order valence-corrected chi connectivity index (χ2v) is 4.61. The summed E-state index contributed by atoms with van der Waals surface area (Å²) in [4.78, 5) is 14.3. The number of aryl methyl sites for hydroxylation is 1. The zero-order valence-electron chi connectivity index (χ0n) is 9.99. The number of carbonyl (C=O) groups is 1. The first kappa shape index (κ1) is 11.2. The van der Waals surface area contributed by atoms with Crippen molar-refractivity contribution in [3.8, 4) is 0 Å². The van der Waals surface area contributed by atoms with Crippen molar-refractivity contribution in [1.82, 2.24) is 15.1 Å². The van der Waals surface area contributed by atoms with Gasteiger partial charge in [-0.05, 0) is 26.7 Å². The Kier molecular flexibility index (Phi) is 3.27. The summed E-state index contributed by atoms with van der Waals surface area (Å²) in [5, 5.41) is 6.74. The van der Waals surface area contributed by atoms with Gasteiger partial charge < -0.3 is 4.90 Å². The zero-order valence-corrected chi connectivity index (χ0v) is 9.99. The van der Waals surface area contributed by atoms with Crippen LogP contribution in [0.15, 0.2) is 6.20 Å². The van der Waals surface area contributed by atoms with Crippen LogP contribution in [-0.2, 0) is 0 Å². The summed E-state index contributed by atoms with van der Waals surface area (Å²) in [5.74, 6) is 0.126. The van der Waals surface area contributed by atoms with Gasteiger partial charge in [0.05, 0.1) is 11.8 Å². The summed E-state index contributed by atoms with van der Waals surface area (Å²) in [6, 6.07) is 0.351. The van der Waals surface area contributed by atoms with E-state index in [-0.39, 0.29) is 5.91 Å². The Balaban J connectivity index is 2.17. The van der Waals surface area contributed by atoms with Crippen molar-refractivity contribution in [1.29, 1.82) is 0 Å². The fraction of sp³-hybridized carbons (Fsp3) is 0.667. The van der Waals surface area contributed by atoms with Crippen molar-refractivity contribution < 1.29 is 4.79 Å². The van der Waals surface area contributed by atoms with Crippen LogP contribution in [-0.4, -0.2) is 33.6 Å². The smallest absolute Gasteiger partial charge is 0.257 e. The molecule has 1 unspecified atom stereocenters. The molecule has 0 bridgehead atoms. The maximum atomic E-state index is 12.3. The topological polar surface area (TPSA) is 49.0 Å². The summed E-state index contributed by atoms with van der Waals surface area (Å²) in [6.07, 6.45) is 6.33. The lowest BCUT2D eigenvalue weighted by Gasteiger charge is -2.26. The fourth-order valence-electron chi connectivity index (χ4n) is 2.30. The molecule has 1 aliphatic rings. The highest BCUT2D eigenvalue weighted by atomic mass is 16.2. The van der Waals surface area contributed by atoms with E-state index < -0.39 is 0 Å². The highest BCUT2D eigenvalue weighted by Crippen LogP contribution is 2.19. The normalized spacial score (nSPS) is 21.9. The van der Waals surface area contributed by atoms with Gasteiger partial charge in [-0.15, -0.1) is 0 Å². The maximum absolute atomic E-state index is 12.3. The quantitative estimate of drug-likeness (QED) is 0.789. The van der Waals surface area contributed by atoms with Crippen LogP contribution in [0.3, 0.4) is 0 Å². The summed E-state index contributed by atoms with van der Waals surface area (Å²) >= 11 is 0. The number of likely N-dealkylation sites (tertiary alicyclic amines) is 1. The second-order valence-electron chi connectivity index (χ2n) is 4.61. The van der Waals surface area contributed by atoms with E-state index in [2.05, 4.69) is 17.1 Å². The summed E-state index contributed by atoms with van der Waals surface area (Å²) < 4.78 is 0. The molecule has 0 aliphatic carbocycles. The number of aromatic amines is 1. The third-order valence-electron chi connectivity index (χ3n) is 3.37. The highest BCUT2D eigenvalue weighted by Gasteiger charge is 2.24. The number of hydrogen-bond acceptors (Lipinski definition) is 2. The van der Waals surface area contributed by atoms with Crippen LogP contribution >= 0.6 is 0 Å². The summed E-state index contributed by atoms with van der Waals surface area (Å²) in [5.41, 5.74) is 1.58. The molecule has 1 N–H and O–H groups in total. The number of amides is 1. The van der Waals surface area contributed by atoms with Crippen LogP contribution < -0.4 is 0 Å². The van der Waals surface area contributed by atoms with Crippen molar-refractivity contribution in [2.45, 2.75) is 45.6 Å². The van der Waals surface area contributed by atoms with Crippen LogP contribution in [0.2, 0.25) is 0 Å². The van der Waals surface area contributed by atoms with Gasteiger partial charge in [-0.2, -0.15) is 5.10 Å². The Hall–Kier alpha value is -1.32. The van der Waals surface area contributed by atoms with Gasteiger partial charge in [0.25, 0.3) is 5.91 Å². The van der Waals surface area contributed by atoms with E-state index in [0.29, 0.717) is 11.6 Å². The predicted molar refractivity (Wildman–Crippen MR) is 62.3 cm³/mol. The van der Waals surface area contributed by atoms with Crippen molar-refractivity contribution in [2.24, 2.45) is 0 Å². The van der Waals surface area contributed by atoms with Gasteiger partial charge in [0.1, 0.15) is 0 Å². The van der Waals surface area contributed by atoms with E-state index in [1.54, 1.807) is 6.20 Å². The molecule has 0 radical (unpaired) electrons. The monoisotopic (exact) mass is 221 g/mol. The first-order valence-electron chi connectivity index (χ1n) is 6.01. The van der Waals surface area contributed by atoms with Gasteiger partial charge >= 0.3 is 0 Å². The van der Waals surface area contributed by atoms with Gasteiger partial charge in [0.15, 0.2) is 0 Å². The molecule has 4 heteroatoms. The van der Waals surface area contributed by atoms with Crippen LogP contribution in [0.1, 0.15) is 48.7 Å². The molecule has 4 nitrogen and oxygen atoms in total. The van der Waals surface area contributed by atoms with E-state index in [0.717, 1.165) is 25.1 Å². The van der Waals surface area contributed by atoms with Gasteiger partial charge in [0, 0.05) is 18.3 Å². The number of rotatable bonds is 1. The number of hydrogen-bond donors (Lipinski definition) is 1. The number of carbonyl (C=O) groups excluding carboxylic acids is 1. The SMILES string of the molecule is Cc1[nH]ncc1C(=O)N1CCCCCC1C. The standard InChI is InChI=1S/C12H19N3O/c1-9-6-4-3-5-7-15(9)12(16)11-8-13-14-10(11)2/h8-9H,3-7H2,1-2H3,(H,13,14). The Morgan fingerprint density at radius 3 is 3.00 bits per heavy atom. The molecule has 1 aromatic rings. The largest absolute Gasteiger partial charge is 0.336 e. The van der Waals surface area contributed by atoms with Gasteiger partial charge in [-0.25, -0.2) is 0 Å². The summed E-state index contributed by atoms with van der Waals surface area (Å²) in [7, 11) is 0. The van der Waals surface area contributed by atoms with Crippen molar-refractivity contribution in [2.75, 3.05) is 6.54 Å². The Morgan fingerprint density at radius 1 is 1.50 bits per heavy atom. The van der Waals surface area contributed by atoms with E-state index in [1.807, 2.05) is 11.8 Å². The third kappa shape index (κ3) is 2.10. The maximum Gasteiger partial charge on any atom is 0.257 e. The Morgan fingerprint density at radius 2 is 2.31 bits per heavy atom. The average molecular weight is 221 g/mol. The van der Waals surface area contributed by atoms with Crippen LogP contribution in [0.5, 0.6) is 0 Å². The lowest BCUT2D eigenvalue weighted by atomic mass is 10.1. The highest BCUT2D eigenvalue weighted by molar-refractivity contribution is 5.95. The molecule has 0 spiro atoms. The number of nitrogens with one attached hydrogen (secondary N) is 1. The molecule has 0 aromatic carbocycles. The summed E-state index contributed by atoms with van der Waals surface area (Å²) in [6.45, 7) is 4.91. The lowest BCUT2D eigenvalue weighted by molar-refractivity contribution is 0.0697. The minimum Gasteiger partial charge on any atom is -0.336 e. The minimum atomic E-state index is 0.126.